The minimum atomic E-state index is -3.91. The van der Waals surface area contributed by atoms with Crippen LogP contribution < -0.4 is 5.32 Å². The van der Waals surface area contributed by atoms with Crippen LogP contribution in [0.25, 0.3) is 0 Å². The summed E-state index contributed by atoms with van der Waals surface area (Å²) >= 11 is 1.55. The van der Waals surface area contributed by atoms with Gasteiger partial charge in [0.25, 0.3) is 5.69 Å². The number of nitro groups is 1. The predicted octanol–water partition coefficient (Wildman–Crippen LogP) is 2.67. The van der Waals surface area contributed by atoms with Gasteiger partial charge in [-0.2, -0.15) is 0 Å². The van der Waals surface area contributed by atoms with Crippen molar-refractivity contribution in [3.05, 3.63) is 64.7 Å². The summed E-state index contributed by atoms with van der Waals surface area (Å²) in [4.78, 5) is 23.1. The fourth-order valence-corrected chi connectivity index (χ4v) is 4.18. The molecule has 0 radical (unpaired) electrons. The Bertz CT molecular complexity index is 868. The van der Waals surface area contributed by atoms with E-state index in [-0.39, 0.29) is 10.6 Å². The molecule has 0 unspecified atom stereocenters. The SMILES string of the molecule is C[C@H](C(=O)NCCSc1ccccc1)S(=O)(=O)c1ccc([N+](=O)[O-])cc1. The molecule has 2 aromatic carbocycles. The van der Waals surface area contributed by atoms with E-state index < -0.39 is 25.9 Å². The number of non-ortho nitro benzene ring substituents is 1. The first-order chi connectivity index (χ1) is 12.3. The lowest BCUT2D eigenvalue weighted by atomic mass is 10.3. The lowest BCUT2D eigenvalue weighted by Gasteiger charge is -2.13. The molecule has 1 atom stereocenters. The number of carbonyl (C=O) groups is 1. The summed E-state index contributed by atoms with van der Waals surface area (Å²) < 4.78 is 24.9. The van der Waals surface area contributed by atoms with Gasteiger partial charge in [-0.15, -0.1) is 11.8 Å². The van der Waals surface area contributed by atoms with Crippen molar-refractivity contribution in [1.82, 2.24) is 5.32 Å². The molecule has 26 heavy (non-hydrogen) atoms. The van der Waals surface area contributed by atoms with Crippen molar-refractivity contribution < 1.29 is 18.1 Å². The lowest BCUT2D eigenvalue weighted by Crippen LogP contribution is -2.38. The molecule has 7 nitrogen and oxygen atoms in total. The second kappa shape index (κ2) is 8.81. The minimum absolute atomic E-state index is 0.121. The first-order valence-electron chi connectivity index (χ1n) is 7.76. The number of hydrogen-bond donors (Lipinski definition) is 1. The number of hydrogen-bond acceptors (Lipinski definition) is 6. The molecule has 2 aromatic rings. The second-order valence-electron chi connectivity index (χ2n) is 5.39. The molecule has 0 aromatic heterocycles. The fraction of sp³-hybridized carbons (Fsp3) is 0.235. The van der Waals surface area contributed by atoms with Crippen LogP contribution in [0.5, 0.6) is 0 Å². The maximum Gasteiger partial charge on any atom is 0.269 e. The number of amides is 1. The van der Waals surface area contributed by atoms with Gasteiger partial charge in [0.1, 0.15) is 5.25 Å². The molecule has 0 spiro atoms. The molecule has 9 heteroatoms. The van der Waals surface area contributed by atoms with Crippen LogP contribution in [-0.2, 0) is 14.6 Å². The first-order valence-corrected chi connectivity index (χ1v) is 10.3. The highest BCUT2D eigenvalue weighted by Crippen LogP contribution is 2.20. The van der Waals surface area contributed by atoms with Gasteiger partial charge in [-0.25, -0.2) is 8.42 Å². The molecule has 0 fully saturated rings. The van der Waals surface area contributed by atoms with Crippen molar-refractivity contribution in [2.75, 3.05) is 12.3 Å². The molecular weight excluding hydrogens is 376 g/mol. The summed E-state index contributed by atoms with van der Waals surface area (Å²) in [7, 11) is -3.91. The van der Waals surface area contributed by atoms with Gasteiger partial charge in [-0.1, -0.05) is 18.2 Å². The fourth-order valence-electron chi connectivity index (χ4n) is 2.11. The minimum Gasteiger partial charge on any atom is -0.354 e. The zero-order chi connectivity index (χ0) is 19.2. The van der Waals surface area contributed by atoms with Gasteiger partial charge in [0.15, 0.2) is 9.84 Å². The maximum atomic E-state index is 12.5. The van der Waals surface area contributed by atoms with Crippen LogP contribution in [0.1, 0.15) is 6.92 Å². The normalized spacial score (nSPS) is 12.3. The summed E-state index contributed by atoms with van der Waals surface area (Å²) in [6.07, 6.45) is 0. The van der Waals surface area contributed by atoms with Gasteiger partial charge in [0.2, 0.25) is 5.91 Å². The molecule has 0 saturated heterocycles. The first kappa shape index (κ1) is 19.9. The van der Waals surface area contributed by atoms with Crippen molar-refractivity contribution in [1.29, 1.82) is 0 Å². The monoisotopic (exact) mass is 394 g/mol. The van der Waals surface area contributed by atoms with E-state index in [1.165, 1.54) is 6.92 Å². The largest absolute Gasteiger partial charge is 0.354 e. The van der Waals surface area contributed by atoms with Gasteiger partial charge >= 0.3 is 0 Å². The highest BCUT2D eigenvalue weighted by atomic mass is 32.2. The highest BCUT2D eigenvalue weighted by molar-refractivity contribution is 7.99. The number of rotatable bonds is 8. The third-order valence-electron chi connectivity index (χ3n) is 3.62. The molecule has 1 amide bonds. The number of carbonyl (C=O) groups excluding carboxylic acids is 1. The van der Waals surface area contributed by atoms with Gasteiger partial charge in [0.05, 0.1) is 9.82 Å². The van der Waals surface area contributed by atoms with E-state index in [1.807, 2.05) is 30.3 Å². The van der Waals surface area contributed by atoms with E-state index in [4.69, 9.17) is 0 Å². The maximum absolute atomic E-state index is 12.5. The third kappa shape index (κ3) is 5.06. The third-order valence-corrected chi connectivity index (χ3v) is 6.71. The molecule has 0 bridgehead atoms. The van der Waals surface area contributed by atoms with Crippen molar-refractivity contribution in [2.24, 2.45) is 0 Å². The Morgan fingerprint density at radius 3 is 2.35 bits per heavy atom. The quantitative estimate of drug-likeness (QED) is 0.319. The molecule has 0 aliphatic rings. The molecule has 2 rings (SSSR count). The van der Waals surface area contributed by atoms with Crippen LogP contribution in [-0.4, -0.2) is 36.8 Å². The van der Waals surface area contributed by atoms with Crippen LogP contribution in [0, 0.1) is 10.1 Å². The van der Waals surface area contributed by atoms with Gasteiger partial charge < -0.3 is 5.32 Å². The van der Waals surface area contributed by atoms with E-state index in [0.717, 1.165) is 29.2 Å². The van der Waals surface area contributed by atoms with Crippen molar-refractivity contribution in [3.8, 4) is 0 Å². The molecule has 0 aliphatic carbocycles. The van der Waals surface area contributed by atoms with Crippen LogP contribution in [0.3, 0.4) is 0 Å². The molecule has 138 valence electrons. The van der Waals surface area contributed by atoms with Crippen molar-refractivity contribution in [2.45, 2.75) is 22.0 Å². The van der Waals surface area contributed by atoms with E-state index in [1.54, 1.807) is 11.8 Å². The Balaban J connectivity index is 1.92. The average molecular weight is 394 g/mol. The van der Waals surface area contributed by atoms with E-state index in [2.05, 4.69) is 5.32 Å². The highest BCUT2D eigenvalue weighted by Gasteiger charge is 2.29. The summed E-state index contributed by atoms with van der Waals surface area (Å²) in [6.45, 7) is 1.63. The number of nitro benzene ring substituents is 1. The standard InChI is InChI=1S/C17H18N2O5S2/c1-13(17(20)18-11-12-25-15-5-3-2-4-6-15)26(23,24)16-9-7-14(8-10-16)19(21)22/h2-10,13H,11-12H2,1H3,(H,18,20)/t13-/m1/s1. The Kier molecular flexibility index (Phi) is 6.76. The molecule has 0 saturated carbocycles. The zero-order valence-corrected chi connectivity index (χ0v) is 15.6. The topological polar surface area (TPSA) is 106 Å². The summed E-state index contributed by atoms with van der Waals surface area (Å²) in [6, 6.07) is 14.1. The smallest absolute Gasteiger partial charge is 0.269 e. The molecule has 0 heterocycles. The summed E-state index contributed by atoms with van der Waals surface area (Å²) in [5.41, 5.74) is -0.209. The number of benzene rings is 2. The Hall–Kier alpha value is -2.39. The molecule has 0 aliphatic heterocycles. The summed E-state index contributed by atoms with van der Waals surface area (Å²) in [5.74, 6) is 0.0112. The Morgan fingerprint density at radius 2 is 1.77 bits per heavy atom. The number of nitrogens with zero attached hydrogens (tertiary/aromatic N) is 1. The van der Waals surface area contributed by atoms with Crippen LogP contribution in [0.2, 0.25) is 0 Å². The van der Waals surface area contributed by atoms with Crippen molar-refractivity contribution in [3.63, 3.8) is 0 Å². The van der Waals surface area contributed by atoms with E-state index in [9.17, 15) is 23.3 Å². The molecule has 1 N–H and O–H groups in total. The van der Waals surface area contributed by atoms with Crippen LogP contribution >= 0.6 is 11.8 Å². The van der Waals surface area contributed by atoms with E-state index in [0.29, 0.717) is 12.3 Å². The van der Waals surface area contributed by atoms with Crippen LogP contribution in [0.4, 0.5) is 5.69 Å². The predicted molar refractivity (Wildman–Crippen MR) is 99.9 cm³/mol. The van der Waals surface area contributed by atoms with Gasteiger partial charge in [-0.3, -0.25) is 14.9 Å². The average Bonchev–Trinajstić information content (AvgIpc) is 2.65. The lowest BCUT2D eigenvalue weighted by molar-refractivity contribution is -0.384. The number of thioether (sulfide) groups is 1. The second-order valence-corrected chi connectivity index (χ2v) is 8.83. The number of nitrogens with one attached hydrogen (secondary N) is 1. The van der Waals surface area contributed by atoms with Gasteiger partial charge in [-0.05, 0) is 31.2 Å². The van der Waals surface area contributed by atoms with Gasteiger partial charge in [0, 0.05) is 29.3 Å². The molecular formula is C17H18N2O5S2. The zero-order valence-electron chi connectivity index (χ0n) is 14.0. The Morgan fingerprint density at radius 1 is 1.15 bits per heavy atom. The summed E-state index contributed by atoms with van der Waals surface area (Å²) in [5, 5.41) is 12.0. The van der Waals surface area contributed by atoms with E-state index >= 15 is 0 Å². The van der Waals surface area contributed by atoms with Crippen molar-refractivity contribution >= 4 is 33.2 Å². The number of sulfone groups is 1. The Labute approximate surface area is 155 Å². The van der Waals surface area contributed by atoms with Crippen LogP contribution in [0.15, 0.2) is 64.4 Å².